The Morgan fingerprint density at radius 3 is 2.59 bits per heavy atom. The number of methoxy groups -OCH3 is 2. The lowest BCUT2D eigenvalue weighted by molar-refractivity contribution is -0.0530. The summed E-state index contributed by atoms with van der Waals surface area (Å²) in [5, 5.41) is 0. The number of ether oxygens (including phenoxy) is 3. The summed E-state index contributed by atoms with van der Waals surface area (Å²) in [4.78, 5) is 23.2. The molecule has 0 saturated heterocycles. The van der Waals surface area contributed by atoms with E-state index in [1.807, 2.05) is 0 Å². The maximum absolute atomic E-state index is 12.2. The van der Waals surface area contributed by atoms with Crippen molar-refractivity contribution in [3.8, 4) is 23.0 Å². The van der Waals surface area contributed by atoms with E-state index in [1.165, 1.54) is 38.7 Å². The highest BCUT2D eigenvalue weighted by Crippen LogP contribution is 2.29. The van der Waals surface area contributed by atoms with E-state index in [1.54, 1.807) is 0 Å². The van der Waals surface area contributed by atoms with Crippen LogP contribution in [0.4, 0.5) is 8.78 Å². The van der Waals surface area contributed by atoms with E-state index in [0.717, 1.165) is 0 Å². The van der Waals surface area contributed by atoms with Gasteiger partial charge in [0, 0.05) is 6.07 Å². The summed E-state index contributed by atoms with van der Waals surface area (Å²) in [6.45, 7) is -2.99. The van der Waals surface area contributed by atoms with Gasteiger partial charge in [-0.15, -0.1) is 0 Å². The third-order valence-electron chi connectivity index (χ3n) is 2.54. The quantitative estimate of drug-likeness (QED) is 0.780. The highest BCUT2D eigenvalue weighted by atomic mass is 19.3. The zero-order valence-electron chi connectivity index (χ0n) is 11.6. The summed E-state index contributed by atoms with van der Waals surface area (Å²) in [5.74, 6) is -0.943. The van der Waals surface area contributed by atoms with Crippen molar-refractivity contribution in [1.82, 2.24) is 15.0 Å². The van der Waals surface area contributed by atoms with E-state index in [9.17, 15) is 13.6 Å². The molecule has 0 amide bonds. The van der Waals surface area contributed by atoms with Crippen molar-refractivity contribution in [3.05, 3.63) is 30.2 Å². The van der Waals surface area contributed by atoms with Gasteiger partial charge in [0.05, 0.1) is 37.9 Å². The van der Waals surface area contributed by atoms with Crippen LogP contribution in [-0.4, -0.2) is 41.8 Å². The number of hydrogen-bond acceptors (Lipinski definition) is 7. The minimum Gasteiger partial charge on any atom is -0.480 e. The molecule has 0 N–H and O–H groups in total. The van der Waals surface area contributed by atoms with Crippen LogP contribution in [0.2, 0.25) is 0 Å². The van der Waals surface area contributed by atoms with Crippen LogP contribution in [0.1, 0.15) is 10.5 Å². The van der Waals surface area contributed by atoms with Crippen molar-refractivity contribution in [2.45, 2.75) is 6.61 Å². The number of aromatic nitrogens is 3. The minimum absolute atomic E-state index is 0.00467. The molecule has 2 heterocycles. The Morgan fingerprint density at radius 1 is 1.18 bits per heavy atom. The molecule has 2 aromatic rings. The van der Waals surface area contributed by atoms with Crippen LogP contribution in [0.5, 0.6) is 11.8 Å². The Hall–Kier alpha value is -2.84. The van der Waals surface area contributed by atoms with Crippen molar-refractivity contribution < 1.29 is 27.8 Å². The summed E-state index contributed by atoms with van der Waals surface area (Å²) in [6, 6.07) is 2.66. The first-order valence-electron chi connectivity index (χ1n) is 5.95. The zero-order valence-corrected chi connectivity index (χ0v) is 11.6. The molecule has 0 atom stereocenters. The number of carbonyl (C=O) groups excluding carboxylic acids is 1. The first-order valence-corrected chi connectivity index (χ1v) is 5.95. The number of halogens is 2. The van der Waals surface area contributed by atoms with E-state index in [4.69, 9.17) is 4.74 Å². The molecule has 116 valence electrons. The lowest BCUT2D eigenvalue weighted by Gasteiger charge is -2.10. The van der Waals surface area contributed by atoms with E-state index in [-0.39, 0.29) is 23.1 Å². The number of carbonyl (C=O) groups is 1. The SMILES string of the molecule is COC(=O)c1cncc(-c2ccc(OC(F)F)nc2OC)n1. The molecule has 7 nitrogen and oxygen atoms in total. The number of rotatable bonds is 5. The Kier molecular flexibility index (Phi) is 4.77. The fraction of sp³-hybridized carbons (Fsp3) is 0.231. The maximum atomic E-state index is 12.2. The molecule has 2 aromatic heterocycles. The summed E-state index contributed by atoms with van der Waals surface area (Å²) in [5.41, 5.74) is 0.633. The molecule has 0 unspecified atom stereocenters. The van der Waals surface area contributed by atoms with Crippen molar-refractivity contribution in [3.63, 3.8) is 0 Å². The Morgan fingerprint density at radius 2 is 1.95 bits per heavy atom. The second-order valence-corrected chi connectivity index (χ2v) is 3.87. The Labute approximate surface area is 123 Å². The normalized spacial score (nSPS) is 10.4. The summed E-state index contributed by atoms with van der Waals surface area (Å²) in [6.07, 6.45) is 2.61. The van der Waals surface area contributed by atoms with E-state index < -0.39 is 12.6 Å². The van der Waals surface area contributed by atoms with E-state index in [0.29, 0.717) is 5.56 Å². The van der Waals surface area contributed by atoms with Crippen molar-refractivity contribution >= 4 is 5.97 Å². The smallest absolute Gasteiger partial charge is 0.388 e. The average Bonchev–Trinajstić information content (AvgIpc) is 2.53. The minimum atomic E-state index is -2.99. The molecule has 0 radical (unpaired) electrons. The van der Waals surface area contributed by atoms with Gasteiger partial charge in [-0.2, -0.15) is 13.8 Å². The van der Waals surface area contributed by atoms with Crippen LogP contribution in [-0.2, 0) is 4.74 Å². The molecule has 0 bridgehead atoms. The largest absolute Gasteiger partial charge is 0.480 e. The molecule has 0 aliphatic heterocycles. The lowest BCUT2D eigenvalue weighted by Crippen LogP contribution is -2.07. The Bertz CT molecular complexity index is 682. The fourth-order valence-corrected chi connectivity index (χ4v) is 1.63. The lowest BCUT2D eigenvalue weighted by atomic mass is 10.2. The number of pyridine rings is 1. The topological polar surface area (TPSA) is 83.4 Å². The molecule has 0 saturated carbocycles. The Balaban J connectivity index is 2.41. The standard InChI is InChI=1S/C13H11F2N3O4/c1-20-11-7(3-4-10(18-11)22-13(14)15)8-5-16-6-9(17-8)12(19)21-2/h3-6,13H,1-2H3. The zero-order chi connectivity index (χ0) is 16.1. The van der Waals surface area contributed by atoms with E-state index >= 15 is 0 Å². The first-order chi connectivity index (χ1) is 10.5. The van der Waals surface area contributed by atoms with Gasteiger partial charge in [0.1, 0.15) is 0 Å². The van der Waals surface area contributed by atoms with Gasteiger partial charge in [-0.25, -0.2) is 9.78 Å². The molecule has 9 heteroatoms. The number of alkyl halides is 2. The molecule has 0 spiro atoms. The maximum Gasteiger partial charge on any atom is 0.388 e. The van der Waals surface area contributed by atoms with Gasteiger partial charge >= 0.3 is 12.6 Å². The molecule has 0 aromatic carbocycles. The van der Waals surface area contributed by atoms with E-state index in [2.05, 4.69) is 24.4 Å². The second-order valence-electron chi connectivity index (χ2n) is 3.87. The third kappa shape index (κ3) is 3.43. The average molecular weight is 311 g/mol. The molecule has 0 aliphatic carbocycles. The number of hydrogen-bond donors (Lipinski definition) is 0. The van der Waals surface area contributed by atoms with Gasteiger partial charge < -0.3 is 14.2 Å². The van der Waals surface area contributed by atoms with Gasteiger partial charge in [0.2, 0.25) is 11.8 Å². The monoisotopic (exact) mass is 311 g/mol. The van der Waals surface area contributed by atoms with Crippen LogP contribution in [0.15, 0.2) is 24.5 Å². The van der Waals surface area contributed by atoms with Gasteiger partial charge in [-0.1, -0.05) is 0 Å². The van der Waals surface area contributed by atoms with Crippen LogP contribution < -0.4 is 9.47 Å². The van der Waals surface area contributed by atoms with Gasteiger partial charge in [0.15, 0.2) is 5.69 Å². The number of esters is 1. The van der Waals surface area contributed by atoms with Crippen molar-refractivity contribution in [2.75, 3.05) is 14.2 Å². The predicted molar refractivity (Wildman–Crippen MR) is 69.8 cm³/mol. The molecule has 22 heavy (non-hydrogen) atoms. The van der Waals surface area contributed by atoms with Gasteiger partial charge in [-0.3, -0.25) is 4.98 Å². The summed E-state index contributed by atoms with van der Waals surface area (Å²) < 4.78 is 38.1. The van der Waals surface area contributed by atoms with Crippen LogP contribution in [0, 0.1) is 0 Å². The fourth-order valence-electron chi connectivity index (χ4n) is 1.63. The van der Waals surface area contributed by atoms with Gasteiger partial charge in [-0.05, 0) is 6.07 Å². The van der Waals surface area contributed by atoms with Crippen molar-refractivity contribution in [2.24, 2.45) is 0 Å². The van der Waals surface area contributed by atoms with Gasteiger partial charge in [0.25, 0.3) is 0 Å². The summed E-state index contributed by atoms with van der Waals surface area (Å²) in [7, 11) is 2.53. The first kappa shape index (κ1) is 15.5. The third-order valence-corrected chi connectivity index (χ3v) is 2.54. The predicted octanol–water partition coefficient (Wildman–Crippen LogP) is 1.94. The molecule has 0 fully saturated rings. The number of nitrogens with zero attached hydrogens (tertiary/aromatic N) is 3. The molecular formula is C13H11F2N3O4. The summed E-state index contributed by atoms with van der Waals surface area (Å²) >= 11 is 0. The van der Waals surface area contributed by atoms with Crippen molar-refractivity contribution in [1.29, 1.82) is 0 Å². The van der Waals surface area contributed by atoms with Crippen LogP contribution in [0.25, 0.3) is 11.3 Å². The molecule has 0 aliphatic rings. The van der Waals surface area contributed by atoms with Crippen LogP contribution >= 0.6 is 0 Å². The molecular weight excluding hydrogens is 300 g/mol. The highest BCUT2D eigenvalue weighted by molar-refractivity contribution is 5.87. The highest BCUT2D eigenvalue weighted by Gasteiger charge is 2.15. The second kappa shape index (κ2) is 6.74. The molecule has 2 rings (SSSR count). The van der Waals surface area contributed by atoms with Crippen LogP contribution in [0.3, 0.4) is 0 Å².